The predicted octanol–water partition coefficient (Wildman–Crippen LogP) is 5.19. The van der Waals surface area contributed by atoms with Gasteiger partial charge in [0, 0.05) is 5.02 Å². The summed E-state index contributed by atoms with van der Waals surface area (Å²) < 4.78 is 5.17. The molecule has 0 saturated heterocycles. The van der Waals surface area contributed by atoms with Crippen molar-refractivity contribution in [1.82, 2.24) is 0 Å². The highest BCUT2D eigenvalue weighted by Crippen LogP contribution is 2.30. The molecule has 0 aromatic heterocycles. The Morgan fingerprint density at radius 2 is 1.62 bits per heavy atom. The number of nitriles is 1. The van der Waals surface area contributed by atoms with Gasteiger partial charge in [-0.15, -0.1) is 0 Å². The number of hydrogen-bond acceptors (Lipinski definition) is 2. The number of halogens is 1. The van der Waals surface area contributed by atoms with Gasteiger partial charge in [0.2, 0.25) is 0 Å². The van der Waals surface area contributed by atoms with Crippen molar-refractivity contribution in [3.05, 3.63) is 64.7 Å². The smallest absolute Gasteiger partial charge is 0.118 e. The average molecular weight is 298 g/mol. The fourth-order valence-corrected chi connectivity index (χ4v) is 2.37. The van der Waals surface area contributed by atoms with E-state index in [9.17, 15) is 5.26 Å². The fraction of sp³-hybridized carbons (Fsp3) is 0.167. The van der Waals surface area contributed by atoms with Crippen LogP contribution in [0.3, 0.4) is 0 Å². The van der Waals surface area contributed by atoms with Gasteiger partial charge in [-0.25, -0.2) is 0 Å². The van der Waals surface area contributed by atoms with Crippen LogP contribution < -0.4 is 4.74 Å². The second-order valence-electron chi connectivity index (χ2n) is 4.55. The lowest BCUT2D eigenvalue weighted by molar-refractivity contribution is 0.415. The number of benzene rings is 2. The van der Waals surface area contributed by atoms with Gasteiger partial charge in [0.25, 0.3) is 0 Å². The second-order valence-corrected chi connectivity index (χ2v) is 4.99. The number of allylic oxidation sites excluding steroid dienone is 2. The van der Waals surface area contributed by atoms with Crippen molar-refractivity contribution >= 4 is 22.7 Å². The highest BCUT2D eigenvalue weighted by molar-refractivity contribution is 6.30. The van der Waals surface area contributed by atoms with Gasteiger partial charge in [0.05, 0.1) is 12.7 Å². The number of nitrogens with zero attached hydrogens (tertiary/aromatic N) is 1. The molecule has 0 heterocycles. The summed E-state index contributed by atoms with van der Waals surface area (Å²) in [4.78, 5) is 0. The van der Waals surface area contributed by atoms with Crippen LogP contribution in [0.5, 0.6) is 5.75 Å². The van der Waals surface area contributed by atoms with Gasteiger partial charge in [-0.2, -0.15) is 5.26 Å². The molecule has 0 aliphatic carbocycles. The fourth-order valence-electron chi connectivity index (χ4n) is 2.24. The first-order valence-electron chi connectivity index (χ1n) is 6.73. The largest absolute Gasteiger partial charge is 0.497 e. The molecule has 2 nitrogen and oxygen atoms in total. The highest BCUT2D eigenvalue weighted by Gasteiger charge is 2.10. The standard InChI is InChI=1S/C18H16ClNO/c1-3-17(13-6-10-16(21-2)11-7-13)18(12-20)14-4-8-15(19)9-5-14/h4-11H,3H2,1-2H3/b18-17+. The van der Waals surface area contributed by atoms with E-state index in [0.717, 1.165) is 28.9 Å². The molecule has 2 aromatic rings. The Hall–Kier alpha value is -2.24. The number of rotatable bonds is 4. The number of methoxy groups -OCH3 is 1. The van der Waals surface area contributed by atoms with E-state index in [4.69, 9.17) is 16.3 Å². The predicted molar refractivity (Wildman–Crippen MR) is 87.2 cm³/mol. The summed E-state index contributed by atoms with van der Waals surface area (Å²) in [5.41, 5.74) is 3.61. The molecule has 0 atom stereocenters. The van der Waals surface area contributed by atoms with Crippen LogP contribution in [-0.2, 0) is 0 Å². The third-order valence-corrected chi connectivity index (χ3v) is 3.59. The summed E-state index contributed by atoms with van der Waals surface area (Å²) in [5, 5.41) is 10.2. The minimum absolute atomic E-state index is 0.665. The third kappa shape index (κ3) is 3.45. The minimum Gasteiger partial charge on any atom is -0.497 e. The van der Waals surface area contributed by atoms with Gasteiger partial charge in [-0.05, 0) is 47.4 Å². The summed E-state index contributed by atoms with van der Waals surface area (Å²) in [7, 11) is 1.64. The van der Waals surface area contributed by atoms with Crippen LogP contribution in [0.15, 0.2) is 48.5 Å². The Kier molecular flexibility index (Phi) is 5.03. The molecule has 0 bridgehead atoms. The molecule has 0 aliphatic rings. The first-order chi connectivity index (χ1) is 10.2. The molecule has 0 radical (unpaired) electrons. The number of ether oxygens (including phenoxy) is 1. The van der Waals surface area contributed by atoms with Crippen molar-refractivity contribution in [3.63, 3.8) is 0 Å². The quantitative estimate of drug-likeness (QED) is 0.574. The zero-order chi connectivity index (χ0) is 15.2. The van der Waals surface area contributed by atoms with E-state index in [2.05, 4.69) is 6.07 Å². The molecule has 0 unspecified atom stereocenters. The maximum Gasteiger partial charge on any atom is 0.118 e. The topological polar surface area (TPSA) is 33.0 Å². The van der Waals surface area contributed by atoms with Gasteiger partial charge in [-0.1, -0.05) is 42.8 Å². The van der Waals surface area contributed by atoms with E-state index in [-0.39, 0.29) is 0 Å². The lowest BCUT2D eigenvalue weighted by atomic mass is 9.93. The van der Waals surface area contributed by atoms with Crippen LogP contribution in [0.4, 0.5) is 0 Å². The molecule has 0 fully saturated rings. The molecule has 2 aromatic carbocycles. The van der Waals surface area contributed by atoms with Gasteiger partial charge >= 0.3 is 0 Å². The molecule has 3 heteroatoms. The molecule has 2 rings (SSSR count). The SMILES string of the molecule is CC/C(=C(/C#N)c1ccc(Cl)cc1)c1ccc(OC)cc1. The average Bonchev–Trinajstić information content (AvgIpc) is 2.54. The van der Waals surface area contributed by atoms with Crippen LogP contribution in [0.1, 0.15) is 24.5 Å². The Morgan fingerprint density at radius 1 is 1.05 bits per heavy atom. The van der Waals surface area contributed by atoms with Gasteiger partial charge in [-0.3, -0.25) is 0 Å². The van der Waals surface area contributed by atoms with Crippen LogP contribution in [-0.4, -0.2) is 7.11 Å². The molecule has 0 amide bonds. The van der Waals surface area contributed by atoms with Crippen molar-refractivity contribution in [3.8, 4) is 11.8 Å². The zero-order valence-electron chi connectivity index (χ0n) is 12.1. The van der Waals surface area contributed by atoms with Gasteiger partial charge in [0.1, 0.15) is 11.8 Å². The van der Waals surface area contributed by atoms with Crippen molar-refractivity contribution in [2.45, 2.75) is 13.3 Å². The van der Waals surface area contributed by atoms with Crippen molar-refractivity contribution in [2.24, 2.45) is 0 Å². The molecule has 0 aliphatic heterocycles. The summed E-state index contributed by atoms with van der Waals surface area (Å²) in [6, 6.07) is 17.4. The van der Waals surface area contributed by atoms with Crippen LogP contribution >= 0.6 is 11.6 Å². The van der Waals surface area contributed by atoms with Crippen LogP contribution in [0.2, 0.25) is 5.02 Å². The first-order valence-corrected chi connectivity index (χ1v) is 7.11. The molecule has 21 heavy (non-hydrogen) atoms. The van der Waals surface area contributed by atoms with Crippen molar-refractivity contribution in [1.29, 1.82) is 5.26 Å². The molecule has 0 spiro atoms. The zero-order valence-corrected chi connectivity index (χ0v) is 12.8. The van der Waals surface area contributed by atoms with Gasteiger partial charge in [0.15, 0.2) is 0 Å². The molecule has 0 saturated carbocycles. The summed E-state index contributed by atoms with van der Waals surface area (Å²) in [6.45, 7) is 2.05. The van der Waals surface area contributed by atoms with E-state index in [1.165, 1.54) is 0 Å². The van der Waals surface area contributed by atoms with E-state index in [1.54, 1.807) is 19.2 Å². The van der Waals surface area contributed by atoms with Crippen LogP contribution in [0, 0.1) is 11.3 Å². The molecular weight excluding hydrogens is 282 g/mol. The Bertz CT molecular complexity index is 679. The Labute approximate surface area is 130 Å². The molecule has 106 valence electrons. The molecule has 0 N–H and O–H groups in total. The lowest BCUT2D eigenvalue weighted by Gasteiger charge is -2.10. The van der Waals surface area contributed by atoms with Gasteiger partial charge < -0.3 is 4.74 Å². The first kappa shape index (κ1) is 15.2. The minimum atomic E-state index is 0.665. The van der Waals surface area contributed by atoms with Crippen molar-refractivity contribution < 1.29 is 4.74 Å². The summed E-state index contributed by atoms with van der Waals surface area (Å²) in [5.74, 6) is 0.805. The Balaban J connectivity index is 2.52. The van der Waals surface area contributed by atoms with Crippen molar-refractivity contribution in [2.75, 3.05) is 7.11 Å². The van der Waals surface area contributed by atoms with E-state index >= 15 is 0 Å². The third-order valence-electron chi connectivity index (χ3n) is 3.34. The van der Waals surface area contributed by atoms with E-state index in [1.807, 2.05) is 43.3 Å². The lowest BCUT2D eigenvalue weighted by Crippen LogP contribution is -1.91. The van der Waals surface area contributed by atoms with E-state index in [0.29, 0.717) is 10.6 Å². The monoisotopic (exact) mass is 297 g/mol. The van der Waals surface area contributed by atoms with E-state index < -0.39 is 0 Å². The normalized spacial score (nSPS) is 11.5. The second kappa shape index (κ2) is 6.97. The van der Waals surface area contributed by atoms with Crippen LogP contribution in [0.25, 0.3) is 11.1 Å². The highest BCUT2D eigenvalue weighted by atomic mass is 35.5. The maximum atomic E-state index is 9.55. The number of hydrogen-bond donors (Lipinski definition) is 0. The summed E-state index contributed by atoms with van der Waals surface area (Å²) in [6.07, 6.45) is 0.776. The summed E-state index contributed by atoms with van der Waals surface area (Å²) >= 11 is 5.91. The molecular formula is C18H16ClNO. The maximum absolute atomic E-state index is 9.55. The Morgan fingerprint density at radius 3 is 2.10 bits per heavy atom.